The average molecular weight is 372 g/mol. The molecule has 0 unspecified atom stereocenters. The summed E-state index contributed by atoms with van der Waals surface area (Å²) in [5.74, 6) is 0.769. The van der Waals surface area contributed by atoms with E-state index in [0.29, 0.717) is 17.8 Å². The molecule has 0 aromatic rings. The summed E-state index contributed by atoms with van der Waals surface area (Å²) in [7, 11) is 1.41. The summed E-state index contributed by atoms with van der Waals surface area (Å²) < 4.78 is 17.4. The van der Waals surface area contributed by atoms with E-state index in [1.807, 2.05) is 6.92 Å². The van der Waals surface area contributed by atoms with Gasteiger partial charge in [-0.1, -0.05) is 13.8 Å². The number of methoxy groups -OCH3 is 1. The smallest absolute Gasteiger partial charge is 0.315 e. The van der Waals surface area contributed by atoms with E-state index in [0.717, 1.165) is 19.3 Å². The molecule has 4 aliphatic heterocycles. The Morgan fingerprint density at radius 1 is 1.20 bits per heavy atom. The third-order valence-corrected chi connectivity index (χ3v) is 7.96. The molecule has 4 saturated heterocycles. The third kappa shape index (κ3) is 2.74. The highest BCUT2D eigenvalue weighted by Gasteiger charge is 2.69. The van der Waals surface area contributed by atoms with Gasteiger partial charge in [-0.2, -0.15) is 0 Å². The highest BCUT2D eigenvalue weighted by atomic mass is 32.2. The zero-order valence-electron chi connectivity index (χ0n) is 15.4. The van der Waals surface area contributed by atoms with Crippen LogP contribution in [0.4, 0.5) is 0 Å². The molecule has 0 aromatic heterocycles. The molecule has 5 rings (SSSR count). The van der Waals surface area contributed by atoms with Crippen LogP contribution in [0.25, 0.3) is 0 Å². The van der Waals surface area contributed by atoms with Gasteiger partial charge in [-0.3, -0.25) is 4.79 Å². The standard InChI is InChI=1S/C18H28O6S/c1-10-5-6-13-11(2)15(25-9-14(19)20-4)21-16-18(13)12(10)7-8-17(3,22-16)23-24-18/h10-13,15-16H,5-9H2,1-4H3/t10-,11-,12+,13+,15+,16-,17+,18-/m1/s1. The molecule has 1 spiro atoms. The van der Waals surface area contributed by atoms with Crippen LogP contribution in [0.5, 0.6) is 0 Å². The monoisotopic (exact) mass is 372 g/mol. The van der Waals surface area contributed by atoms with Gasteiger partial charge in [-0.25, -0.2) is 9.78 Å². The van der Waals surface area contributed by atoms with Gasteiger partial charge in [0.2, 0.25) is 5.79 Å². The van der Waals surface area contributed by atoms with Gasteiger partial charge in [-0.15, -0.1) is 11.8 Å². The maximum Gasteiger partial charge on any atom is 0.315 e. The SMILES string of the molecule is COC(=O)CS[C@@H]1O[C@@H]2O[C@]3(C)CC[C@H]4[C@H](C)CC[C@@H]([C@H]1C)[C@@]24OO3. The first-order chi connectivity index (χ1) is 11.9. The molecule has 5 aliphatic rings. The molecular formula is C18H28O6S. The van der Waals surface area contributed by atoms with Crippen molar-refractivity contribution in [3.05, 3.63) is 0 Å². The van der Waals surface area contributed by atoms with Crippen molar-refractivity contribution in [3.8, 4) is 0 Å². The molecule has 0 amide bonds. The van der Waals surface area contributed by atoms with Gasteiger partial charge >= 0.3 is 5.97 Å². The Bertz CT molecular complexity index is 544. The van der Waals surface area contributed by atoms with Gasteiger partial charge in [0, 0.05) is 12.3 Å². The summed E-state index contributed by atoms with van der Waals surface area (Å²) in [6, 6.07) is 0. The lowest BCUT2D eigenvalue weighted by molar-refractivity contribution is -0.568. The molecule has 0 radical (unpaired) electrons. The highest BCUT2D eigenvalue weighted by molar-refractivity contribution is 8.00. The first-order valence-electron chi connectivity index (χ1n) is 9.28. The predicted molar refractivity (Wildman–Crippen MR) is 91.3 cm³/mol. The van der Waals surface area contributed by atoms with Crippen molar-refractivity contribution in [2.75, 3.05) is 12.9 Å². The van der Waals surface area contributed by atoms with Crippen LogP contribution in [0.15, 0.2) is 0 Å². The quantitative estimate of drug-likeness (QED) is 0.557. The van der Waals surface area contributed by atoms with Gasteiger partial charge in [0.1, 0.15) is 5.44 Å². The number of hydrogen-bond donors (Lipinski definition) is 0. The van der Waals surface area contributed by atoms with Crippen LogP contribution in [-0.2, 0) is 28.8 Å². The van der Waals surface area contributed by atoms with E-state index >= 15 is 0 Å². The Morgan fingerprint density at radius 2 is 2.00 bits per heavy atom. The van der Waals surface area contributed by atoms with Gasteiger partial charge < -0.3 is 14.2 Å². The Labute approximate surface area is 153 Å². The normalized spacial score (nSPS) is 51.5. The minimum atomic E-state index is -0.754. The summed E-state index contributed by atoms with van der Waals surface area (Å²) >= 11 is 1.50. The number of thioether (sulfide) groups is 1. The van der Waals surface area contributed by atoms with Gasteiger partial charge in [0.05, 0.1) is 12.9 Å². The van der Waals surface area contributed by atoms with Crippen LogP contribution in [0.2, 0.25) is 0 Å². The molecule has 7 heteroatoms. The van der Waals surface area contributed by atoms with E-state index in [-0.39, 0.29) is 23.1 Å². The van der Waals surface area contributed by atoms with E-state index in [1.165, 1.54) is 25.3 Å². The predicted octanol–water partition coefficient (Wildman–Crippen LogP) is 3.10. The summed E-state index contributed by atoms with van der Waals surface area (Å²) in [5, 5.41) is 0. The molecule has 2 bridgehead atoms. The van der Waals surface area contributed by atoms with Crippen molar-refractivity contribution in [3.63, 3.8) is 0 Å². The van der Waals surface area contributed by atoms with Crippen LogP contribution in [0, 0.1) is 23.7 Å². The Kier molecular flexibility index (Phi) is 4.60. The maximum absolute atomic E-state index is 11.6. The average Bonchev–Trinajstić information content (AvgIpc) is 2.82. The molecule has 6 nitrogen and oxygen atoms in total. The van der Waals surface area contributed by atoms with Crippen molar-refractivity contribution in [2.45, 2.75) is 69.6 Å². The number of esters is 1. The van der Waals surface area contributed by atoms with E-state index in [1.54, 1.807) is 0 Å². The largest absolute Gasteiger partial charge is 0.468 e. The second-order valence-electron chi connectivity index (χ2n) is 8.16. The first-order valence-corrected chi connectivity index (χ1v) is 10.3. The van der Waals surface area contributed by atoms with Gasteiger partial charge in [-0.05, 0) is 43.9 Å². The fourth-order valence-electron chi connectivity index (χ4n) is 5.27. The van der Waals surface area contributed by atoms with E-state index in [9.17, 15) is 4.79 Å². The number of fused-ring (bicyclic) bond motifs is 2. The zero-order valence-corrected chi connectivity index (χ0v) is 16.2. The van der Waals surface area contributed by atoms with Crippen LogP contribution < -0.4 is 0 Å². The number of carbonyl (C=O) groups is 1. The molecule has 8 atom stereocenters. The summed E-state index contributed by atoms with van der Waals surface area (Å²) in [6.45, 7) is 6.42. The number of carbonyl (C=O) groups excluding carboxylic acids is 1. The topological polar surface area (TPSA) is 63.2 Å². The van der Waals surface area contributed by atoms with E-state index < -0.39 is 17.7 Å². The van der Waals surface area contributed by atoms with Crippen LogP contribution >= 0.6 is 11.8 Å². The molecule has 25 heavy (non-hydrogen) atoms. The Morgan fingerprint density at radius 3 is 2.76 bits per heavy atom. The van der Waals surface area contributed by atoms with Crippen LogP contribution in [-0.4, -0.2) is 41.9 Å². The van der Waals surface area contributed by atoms with Crippen LogP contribution in [0.3, 0.4) is 0 Å². The maximum atomic E-state index is 11.6. The van der Waals surface area contributed by atoms with Crippen molar-refractivity contribution < 1.29 is 28.8 Å². The molecule has 4 heterocycles. The molecule has 5 fully saturated rings. The van der Waals surface area contributed by atoms with Crippen molar-refractivity contribution in [2.24, 2.45) is 23.7 Å². The van der Waals surface area contributed by atoms with Gasteiger partial charge in [0.25, 0.3) is 0 Å². The second-order valence-corrected chi connectivity index (χ2v) is 9.25. The lowest BCUT2D eigenvalue weighted by Gasteiger charge is -2.60. The summed E-state index contributed by atoms with van der Waals surface area (Å²) in [4.78, 5) is 23.5. The van der Waals surface area contributed by atoms with Crippen molar-refractivity contribution >= 4 is 17.7 Å². The molecule has 1 aliphatic carbocycles. The number of rotatable bonds is 3. The summed E-state index contributed by atoms with van der Waals surface area (Å²) in [6.07, 6.45) is 3.64. The number of hydrogen-bond acceptors (Lipinski definition) is 7. The van der Waals surface area contributed by atoms with Crippen molar-refractivity contribution in [1.82, 2.24) is 0 Å². The second kappa shape index (κ2) is 6.37. The Balaban J connectivity index is 1.64. The minimum Gasteiger partial charge on any atom is -0.468 e. The Hall–Kier alpha value is -0.340. The van der Waals surface area contributed by atoms with Crippen LogP contribution in [0.1, 0.15) is 46.5 Å². The first kappa shape index (κ1) is 18.0. The molecule has 0 aromatic carbocycles. The molecule has 142 valence electrons. The lowest BCUT2D eigenvalue weighted by Crippen LogP contribution is -2.70. The molecule has 1 saturated carbocycles. The van der Waals surface area contributed by atoms with Crippen molar-refractivity contribution in [1.29, 1.82) is 0 Å². The highest BCUT2D eigenvalue weighted by Crippen LogP contribution is 2.61. The fraction of sp³-hybridized carbons (Fsp3) is 0.944. The molecule has 0 N–H and O–H groups in total. The summed E-state index contributed by atoms with van der Waals surface area (Å²) in [5.41, 5.74) is -0.643. The van der Waals surface area contributed by atoms with E-state index in [4.69, 9.17) is 24.0 Å². The number of ether oxygens (including phenoxy) is 3. The minimum absolute atomic E-state index is 0.111. The lowest BCUT2D eigenvalue weighted by atomic mass is 9.58. The third-order valence-electron chi connectivity index (χ3n) is 6.69. The zero-order chi connectivity index (χ0) is 17.8. The fourth-order valence-corrected chi connectivity index (χ4v) is 6.36. The van der Waals surface area contributed by atoms with E-state index in [2.05, 4.69) is 13.8 Å². The van der Waals surface area contributed by atoms with Gasteiger partial charge in [0.15, 0.2) is 11.9 Å². The molecular weight excluding hydrogens is 344 g/mol.